The Morgan fingerprint density at radius 2 is 1.72 bits per heavy atom. The van der Waals surface area contributed by atoms with Crippen molar-refractivity contribution in [3.05, 3.63) is 66.2 Å². The van der Waals surface area contributed by atoms with Crippen molar-refractivity contribution in [2.24, 2.45) is 0 Å². The molecule has 5 heteroatoms. The fraction of sp³-hybridized carbons (Fsp3) is 0.200. The van der Waals surface area contributed by atoms with Crippen LogP contribution in [-0.2, 0) is 4.74 Å². The molecule has 1 aromatic heterocycles. The molecular formula is C20H22N4O. The molecule has 0 radical (unpaired) electrons. The largest absolute Gasteiger partial charge is 0.383 e. The third kappa shape index (κ3) is 4.78. The number of nitrogens with zero attached hydrogens (tertiary/aromatic N) is 2. The maximum atomic E-state index is 5.09. The first-order valence-corrected chi connectivity index (χ1v) is 8.25. The Labute approximate surface area is 148 Å². The van der Waals surface area contributed by atoms with Crippen molar-refractivity contribution in [2.45, 2.75) is 6.92 Å². The SMILES string of the molecule is COCCNc1cc(-c2ccccc2)nc(Nc2ccc(C)cc2)n1. The molecule has 0 atom stereocenters. The van der Waals surface area contributed by atoms with Crippen molar-refractivity contribution in [1.29, 1.82) is 0 Å². The first-order chi connectivity index (χ1) is 12.2. The van der Waals surface area contributed by atoms with E-state index in [2.05, 4.69) is 39.7 Å². The van der Waals surface area contributed by atoms with Crippen LogP contribution >= 0.6 is 0 Å². The van der Waals surface area contributed by atoms with Gasteiger partial charge < -0.3 is 15.4 Å². The molecule has 0 bridgehead atoms. The zero-order chi connectivity index (χ0) is 17.5. The van der Waals surface area contributed by atoms with Gasteiger partial charge in [-0.3, -0.25) is 0 Å². The minimum atomic E-state index is 0.560. The maximum Gasteiger partial charge on any atom is 0.229 e. The summed E-state index contributed by atoms with van der Waals surface area (Å²) in [5.74, 6) is 1.32. The summed E-state index contributed by atoms with van der Waals surface area (Å²) >= 11 is 0. The van der Waals surface area contributed by atoms with E-state index in [-0.39, 0.29) is 0 Å². The zero-order valence-electron chi connectivity index (χ0n) is 14.5. The van der Waals surface area contributed by atoms with Gasteiger partial charge in [0, 0.05) is 31.0 Å². The number of methoxy groups -OCH3 is 1. The third-order valence-corrected chi connectivity index (χ3v) is 3.72. The van der Waals surface area contributed by atoms with E-state index >= 15 is 0 Å². The lowest BCUT2D eigenvalue weighted by molar-refractivity contribution is 0.210. The number of nitrogens with one attached hydrogen (secondary N) is 2. The van der Waals surface area contributed by atoms with Crippen LogP contribution in [0.15, 0.2) is 60.7 Å². The normalized spacial score (nSPS) is 10.5. The Bertz CT molecular complexity index is 804. The first-order valence-electron chi connectivity index (χ1n) is 8.25. The molecule has 1 heterocycles. The van der Waals surface area contributed by atoms with Crippen LogP contribution < -0.4 is 10.6 Å². The summed E-state index contributed by atoms with van der Waals surface area (Å²) in [6.45, 7) is 3.37. The van der Waals surface area contributed by atoms with Crippen molar-refractivity contribution in [3.8, 4) is 11.3 Å². The summed E-state index contributed by atoms with van der Waals surface area (Å²) in [5, 5.41) is 6.55. The van der Waals surface area contributed by atoms with Gasteiger partial charge in [-0.1, -0.05) is 48.0 Å². The molecule has 0 aliphatic carbocycles. The lowest BCUT2D eigenvalue weighted by Gasteiger charge is -2.11. The Hall–Kier alpha value is -2.92. The van der Waals surface area contributed by atoms with E-state index < -0.39 is 0 Å². The molecule has 0 fully saturated rings. The quantitative estimate of drug-likeness (QED) is 0.633. The van der Waals surface area contributed by atoms with Gasteiger partial charge in [0.05, 0.1) is 12.3 Å². The molecule has 3 rings (SSSR count). The summed E-state index contributed by atoms with van der Waals surface area (Å²) in [5.41, 5.74) is 4.09. The van der Waals surface area contributed by atoms with E-state index in [1.54, 1.807) is 7.11 Å². The second kappa shape index (κ2) is 8.26. The van der Waals surface area contributed by atoms with E-state index in [0.717, 1.165) is 22.8 Å². The van der Waals surface area contributed by atoms with Gasteiger partial charge in [-0.2, -0.15) is 4.98 Å². The highest BCUT2D eigenvalue weighted by Crippen LogP contribution is 2.23. The van der Waals surface area contributed by atoms with Crippen molar-refractivity contribution in [1.82, 2.24) is 9.97 Å². The molecule has 0 saturated carbocycles. The highest BCUT2D eigenvalue weighted by atomic mass is 16.5. The molecule has 3 aromatic rings. The molecule has 0 aliphatic heterocycles. The predicted octanol–water partition coefficient (Wildman–Crippen LogP) is 4.25. The van der Waals surface area contributed by atoms with E-state index in [1.807, 2.05) is 48.5 Å². The topological polar surface area (TPSA) is 59.1 Å². The zero-order valence-corrected chi connectivity index (χ0v) is 14.5. The lowest BCUT2D eigenvalue weighted by atomic mass is 10.1. The summed E-state index contributed by atoms with van der Waals surface area (Å²) in [6.07, 6.45) is 0. The monoisotopic (exact) mass is 334 g/mol. The van der Waals surface area contributed by atoms with Gasteiger partial charge in [0.25, 0.3) is 0 Å². The smallest absolute Gasteiger partial charge is 0.229 e. The summed E-state index contributed by atoms with van der Waals surface area (Å²) in [4.78, 5) is 9.22. The van der Waals surface area contributed by atoms with Crippen molar-refractivity contribution in [2.75, 3.05) is 30.9 Å². The minimum absolute atomic E-state index is 0.560. The van der Waals surface area contributed by atoms with Crippen LogP contribution in [0.5, 0.6) is 0 Å². The second-order valence-corrected chi connectivity index (χ2v) is 5.74. The predicted molar refractivity (Wildman–Crippen MR) is 102 cm³/mol. The lowest BCUT2D eigenvalue weighted by Crippen LogP contribution is -2.10. The highest BCUT2D eigenvalue weighted by Gasteiger charge is 2.07. The van der Waals surface area contributed by atoms with Crippen LogP contribution in [0.25, 0.3) is 11.3 Å². The van der Waals surface area contributed by atoms with Crippen LogP contribution in [-0.4, -0.2) is 30.2 Å². The molecule has 2 aromatic carbocycles. The summed E-state index contributed by atoms with van der Waals surface area (Å²) < 4.78 is 5.09. The Kier molecular flexibility index (Phi) is 5.59. The van der Waals surface area contributed by atoms with E-state index in [1.165, 1.54) is 5.56 Å². The number of hydrogen-bond acceptors (Lipinski definition) is 5. The molecular weight excluding hydrogens is 312 g/mol. The third-order valence-electron chi connectivity index (χ3n) is 3.72. The van der Waals surface area contributed by atoms with Crippen LogP contribution in [0.4, 0.5) is 17.5 Å². The van der Waals surface area contributed by atoms with Crippen LogP contribution in [0.3, 0.4) is 0 Å². The fourth-order valence-electron chi connectivity index (χ4n) is 2.40. The van der Waals surface area contributed by atoms with E-state index in [0.29, 0.717) is 19.1 Å². The number of rotatable bonds is 7. The van der Waals surface area contributed by atoms with Crippen LogP contribution in [0.1, 0.15) is 5.56 Å². The van der Waals surface area contributed by atoms with Crippen molar-refractivity contribution >= 4 is 17.5 Å². The average Bonchev–Trinajstić information content (AvgIpc) is 2.64. The van der Waals surface area contributed by atoms with Gasteiger partial charge >= 0.3 is 0 Å². The fourth-order valence-corrected chi connectivity index (χ4v) is 2.40. The minimum Gasteiger partial charge on any atom is -0.383 e. The molecule has 128 valence electrons. The molecule has 0 aliphatic rings. The summed E-state index contributed by atoms with van der Waals surface area (Å²) in [6, 6.07) is 20.2. The first kappa shape index (κ1) is 16.9. The number of hydrogen-bond donors (Lipinski definition) is 2. The molecule has 0 spiro atoms. The maximum absolute atomic E-state index is 5.09. The number of aromatic nitrogens is 2. The van der Waals surface area contributed by atoms with Gasteiger partial charge in [0.15, 0.2) is 0 Å². The molecule has 5 nitrogen and oxygen atoms in total. The average molecular weight is 334 g/mol. The van der Waals surface area contributed by atoms with E-state index in [9.17, 15) is 0 Å². The van der Waals surface area contributed by atoms with Gasteiger partial charge in [0.2, 0.25) is 5.95 Å². The van der Waals surface area contributed by atoms with E-state index in [4.69, 9.17) is 4.74 Å². The Balaban J connectivity index is 1.89. The molecule has 0 saturated heterocycles. The van der Waals surface area contributed by atoms with Crippen molar-refractivity contribution < 1.29 is 4.74 Å². The van der Waals surface area contributed by atoms with Crippen molar-refractivity contribution in [3.63, 3.8) is 0 Å². The number of anilines is 3. The van der Waals surface area contributed by atoms with Gasteiger partial charge in [0.1, 0.15) is 5.82 Å². The molecule has 2 N–H and O–H groups in total. The van der Waals surface area contributed by atoms with Gasteiger partial charge in [-0.15, -0.1) is 0 Å². The highest BCUT2D eigenvalue weighted by molar-refractivity contribution is 5.66. The Morgan fingerprint density at radius 3 is 2.44 bits per heavy atom. The van der Waals surface area contributed by atoms with Crippen LogP contribution in [0, 0.1) is 6.92 Å². The standard InChI is InChI=1S/C20H22N4O/c1-15-8-10-17(11-9-15)22-20-23-18(16-6-4-3-5-7-16)14-19(24-20)21-12-13-25-2/h3-11,14H,12-13H2,1-2H3,(H2,21,22,23,24). The number of ether oxygens (including phenoxy) is 1. The van der Waals surface area contributed by atoms with Gasteiger partial charge in [-0.05, 0) is 19.1 Å². The Morgan fingerprint density at radius 1 is 0.960 bits per heavy atom. The second-order valence-electron chi connectivity index (χ2n) is 5.74. The number of benzene rings is 2. The number of aryl methyl sites for hydroxylation is 1. The molecule has 0 amide bonds. The molecule has 0 unspecified atom stereocenters. The van der Waals surface area contributed by atoms with Crippen LogP contribution in [0.2, 0.25) is 0 Å². The molecule has 25 heavy (non-hydrogen) atoms. The van der Waals surface area contributed by atoms with Gasteiger partial charge in [-0.25, -0.2) is 4.98 Å². The summed E-state index contributed by atoms with van der Waals surface area (Å²) in [7, 11) is 1.68.